The fourth-order valence-electron chi connectivity index (χ4n) is 2.02. The minimum absolute atomic E-state index is 0.114. The SMILES string of the molecule is CN=C(NCc1cccc(OC)c1)NCc1ccc(F)c(Cl)c1. The zero-order valence-electron chi connectivity index (χ0n) is 13.1. The van der Waals surface area contributed by atoms with Crippen LogP contribution in [0.25, 0.3) is 0 Å². The van der Waals surface area contributed by atoms with Crippen molar-refractivity contribution in [3.05, 3.63) is 64.4 Å². The van der Waals surface area contributed by atoms with Crippen molar-refractivity contribution in [3.63, 3.8) is 0 Å². The van der Waals surface area contributed by atoms with E-state index < -0.39 is 5.82 Å². The van der Waals surface area contributed by atoms with Crippen LogP contribution in [0.4, 0.5) is 4.39 Å². The van der Waals surface area contributed by atoms with Crippen LogP contribution < -0.4 is 15.4 Å². The number of guanidine groups is 1. The Morgan fingerprint density at radius 3 is 2.43 bits per heavy atom. The van der Waals surface area contributed by atoms with Gasteiger partial charge in [0.25, 0.3) is 0 Å². The lowest BCUT2D eigenvalue weighted by molar-refractivity contribution is 0.414. The Kier molecular flexibility index (Phi) is 6.23. The lowest BCUT2D eigenvalue weighted by atomic mass is 10.2. The van der Waals surface area contributed by atoms with Crippen LogP contribution in [0.5, 0.6) is 5.75 Å². The number of nitrogens with zero attached hydrogens (tertiary/aromatic N) is 1. The first-order valence-corrected chi connectivity index (χ1v) is 7.51. The maximum Gasteiger partial charge on any atom is 0.191 e. The summed E-state index contributed by atoms with van der Waals surface area (Å²) in [6.07, 6.45) is 0. The lowest BCUT2D eigenvalue weighted by Crippen LogP contribution is -2.36. The lowest BCUT2D eigenvalue weighted by Gasteiger charge is -2.12. The van der Waals surface area contributed by atoms with E-state index in [-0.39, 0.29) is 5.02 Å². The van der Waals surface area contributed by atoms with E-state index in [0.29, 0.717) is 19.0 Å². The molecule has 0 spiro atoms. The summed E-state index contributed by atoms with van der Waals surface area (Å²) in [7, 11) is 3.33. The van der Waals surface area contributed by atoms with E-state index in [0.717, 1.165) is 16.9 Å². The van der Waals surface area contributed by atoms with Crippen molar-refractivity contribution >= 4 is 17.6 Å². The molecule has 0 atom stereocenters. The van der Waals surface area contributed by atoms with Gasteiger partial charge in [0, 0.05) is 20.1 Å². The second kappa shape index (κ2) is 8.39. The van der Waals surface area contributed by atoms with Gasteiger partial charge in [-0.25, -0.2) is 4.39 Å². The Morgan fingerprint density at radius 1 is 1.13 bits per heavy atom. The van der Waals surface area contributed by atoms with Gasteiger partial charge in [-0.3, -0.25) is 4.99 Å². The monoisotopic (exact) mass is 335 g/mol. The number of hydrogen-bond donors (Lipinski definition) is 2. The van der Waals surface area contributed by atoms with Crippen LogP contribution in [-0.4, -0.2) is 20.1 Å². The number of methoxy groups -OCH3 is 1. The van der Waals surface area contributed by atoms with Crippen molar-refractivity contribution in [1.29, 1.82) is 0 Å². The molecule has 0 aliphatic rings. The molecule has 0 aliphatic carbocycles. The number of hydrogen-bond acceptors (Lipinski definition) is 2. The van der Waals surface area contributed by atoms with Gasteiger partial charge in [0.1, 0.15) is 11.6 Å². The first-order chi connectivity index (χ1) is 11.1. The number of benzene rings is 2. The largest absolute Gasteiger partial charge is 0.497 e. The van der Waals surface area contributed by atoms with E-state index in [1.807, 2.05) is 24.3 Å². The van der Waals surface area contributed by atoms with Gasteiger partial charge in [0.15, 0.2) is 5.96 Å². The summed E-state index contributed by atoms with van der Waals surface area (Å²) in [5.74, 6) is 1.04. The molecule has 0 unspecified atom stereocenters. The minimum atomic E-state index is -0.420. The van der Waals surface area contributed by atoms with Gasteiger partial charge in [-0.15, -0.1) is 0 Å². The zero-order chi connectivity index (χ0) is 16.7. The third-order valence-corrected chi connectivity index (χ3v) is 3.55. The van der Waals surface area contributed by atoms with Gasteiger partial charge in [0.2, 0.25) is 0 Å². The molecule has 4 nitrogen and oxygen atoms in total. The molecule has 0 aromatic heterocycles. The van der Waals surface area contributed by atoms with Crippen LogP contribution in [0, 0.1) is 5.82 Å². The molecule has 23 heavy (non-hydrogen) atoms. The molecule has 2 aromatic carbocycles. The first-order valence-electron chi connectivity index (χ1n) is 7.13. The maximum atomic E-state index is 13.1. The Bertz CT molecular complexity index is 691. The normalized spacial score (nSPS) is 11.2. The minimum Gasteiger partial charge on any atom is -0.497 e. The molecule has 0 bridgehead atoms. The summed E-state index contributed by atoms with van der Waals surface area (Å²) in [5.41, 5.74) is 1.96. The second-order valence-electron chi connectivity index (χ2n) is 4.88. The van der Waals surface area contributed by atoms with Gasteiger partial charge in [-0.2, -0.15) is 0 Å². The predicted octanol–water partition coefficient (Wildman–Crippen LogP) is 3.35. The summed E-state index contributed by atoms with van der Waals surface area (Å²) in [6.45, 7) is 1.11. The highest BCUT2D eigenvalue weighted by atomic mass is 35.5. The summed E-state index contributed by atoms with van der Waals surface area (Å²) < 4.78 is 18.3. The van der Waals surface area contributed by atoms with Crippen LogP contribution >= 0.6 is 11.6 Å². The van der Waals surface area contributed by atoms with Crippen LogP contribution in [-0.2, 0) is 13.1 Å². The molecule has 0 saturated carbocycles. The zero-order valence-corrected chi connectivity index (χ0v) is 13.8. The van der Waals surface area contributed by atoms with Crippen molar-refractivity contribution in [2.75, 3.05) is 14.2 Å². The molecular weight excluding hydrogens is 317 g/mol. The summed E-state index contributed by atoms with van der Waals surface area (Å²) in [4.78, 5) is 4.16. The van der Waals surface area contributed by atoms with E-state index in [1.54, 1.807) is 26.3 Å². The second-order valence-corrected chi connectivity index (χ2v) is 5.29. The molecule has 0 amide bonds. The summed E-state index contributed by atoms with van der Waals surface area (Å²) in [6, 6.07) is 12.4. The van der Waals surface area contributed by atoms with Crippen molar-refractivity contribution in [3.8, 4) is 5.75 Å². The highest BCUT2D eigenvalue weighted by molar-refractivity contribution is 6.30. The van der Waals surface area contributed by atoms with Crippen LogP contribution in [0.15, 0.2) is 47.5 Å². The van der Waals surface area contributed by atoms with Crippen molar-refractivity contribution < 1.29 is 9.13 Å². The Morgan fingerprint density at radius 2 is 1.83 bits per heavy atom. The van der Waals surface area contributed by atoms with Crippen molar-refractivity contribution in [1.82, 2.24) is 10.6 Å². The number of halogens is 2. The van der Waals surface area contributed by atoms with Crippen molar-refractivity contribution in [2.24, 2.45) is 4.99 Å². The molecule has 0 saturated heterocycles. The molecule has 2 rings (SSSR count). The van der Waals surface area contributed by atoms with E-state index >= 15 is 0 Å². The Balaban J connectivity index is 1.89. The molecule has 0 heterocycles. The number of nitrogens with one attached hydrogen (secondary N) is 2. The fourth-order valence-corrected chi connectivity index (χ4v) is 2.23. The summed E-state index contributed by atoms with van der Waals surface area (Å²) >= 11 is 5.77. The molecule has 6 heteroatoms. The van der Waals surface area contributed by atoms with Gasteiger partial charge in [0.05, 0.1) is 12.1 Å². The molecular formula is C17H19ClFN3O. The van der Waals surface area contributed by atoms with E-state index in [4.69, 9.17) is 16.3 Å². The van der Waals surface area contributed by atoms with Gasteiger partial charge in [-0.05, 0) is 35.4 Å². The van der Waals surface area contributed by atoms with Crippen LogP contribution in [0.2, 0.25) is 5.02 Å². The van der Waals surface area contributed by atoms with Gasteiger partial charge >= 0.3 is 0 Å². The molecule has 0 aliphatic heterocycles. The molecule has 0 fully saturated rings. The summed E-state index contributed by atoms with van der Waals surface area (Å²) in [5, 5.41) is 6.48. The molecule has 0 radical (unpaired) electrons. The maximum absolute atomic E-state index is 13.1. The van der Waals surface area contributed by atoms with Gasteiger partial charge < -0.3 is 15.4 Å². The standard InChI is InChI=1S/C17H19ClFN3O/c1-20-17(21-10-12-4-3-5-14(8-12)23-2)22-11-13-6-7-16(19)15(18)9-13/h3-9H,10-11H2,1-2H3,(H2,20,21,22). The topological polar surface area (TPSA) is 45.7 Å². The molecule has 2 N–H and O–H groups in total. The Labute approximate surface area is 140 Å². The smallest absolute Gasteiger partial charge is 0.191 e. The fraction of sp³-hybridized carbons (Fsp3) is 0.235. The third kappa shape index (κ3) is 5.14. The van der Waals surface area contributed by atoms with Crippen LogP contribution in [0.1, 0.15) is 11.1 Å². The third-order valence-electron chi connectivity index (χ3n) is 3.26. The average Bonchev–Trinajstić information content (AvgIpc) is 2.58. The van der Waals surface area contributed by atoms with Crippen molar-refractivity contribution in [2.45, 2.75) is 13.1 Å². The number of aliphatic imine (C=N–C) groups is 1. The Hall–Kier alpha value is -2.27. The van der Waals surface area contributed by atoms with Gasteiger partial charge in [-0.1, -0.05) is 29.8 Å². The predicted molar refractivity (Wildman–Crippen MR) is 91.4 cm³/mol. The van der Waals surface area contributed by atoms with E-state index in [9.17, 15) is 4.39 Å². The highest BCUT2D eigenvalue weighted by Crippen LogP contribution is 2.16. The highest BCUT2D eigenvalue weighted by Gasteiger charge is 2.03. The number of ether oxygens (including phenoxy) is 1. The average molecular weight is 336 g/mol. The number of rotatable bonds is 5. The van der Waals surface area contributed by atoms with E-state index in [1.165, 1.54) is 6.07 Å². The first kappa shape index (κ1) is 17.1. The van der Waals surface area contributed by atoms with Crippen LogP contribution in [0.3, 0.4) is 0 Å². The molecule has 122 valence electrons. The quantitative estimate of drug-likeness (QED) is 0.650. The van der Waals surface area contributed by atoms with E-state index in [2.05, 4.69) is 15.6 Å². The molecule has 2 aromatic rings.